The van der Waals surface area contributed by atoms with E-state index < -0.39 is 0 Å². The molecule has 1 unspecified atom stereocenters. The van der Waals surface area contributed by atoms with Crippen molar-refractivity contribution in [2.75, 3.05) is 11.9 Å². The maximum absolute atomic E-state index is 11.9. The number of rotatable bonds is 3. The zero-order valence-electron chi connectivity index (χ0n) is 17.8. The zero-order valence-corrected chi connectivity index (χ0v) is 19.3. The molecule has 1 heterocycles. The minimum atomic E-state index is -0.160. The minimum absolute atomic E-state index is 0.0109. The van der Waals surface area contributed by atoms with Gasteiger partial charge in [0.25, 0.3) is 0 Å². The monoisotopic (exact) mass is 448 g/mol. The number of benzene rings is 2. The van der Waals surface area contributed by atoms with Crippen molar-refractivity contribution in [1.82, 2.24) is 5.32 Å². The van der Waals surface area contributed by atoms with Gasteiger partial charge in [-0.15, -0.1) is 0 Å². The van der Waals surface area contributed by atoms with Crippen LogP contribution in [0.3, 0.4) is 0 Å². The van der Waals surface area contributed by atoms with Crippen molar-refractivity contribution < 1.29 is 9.59 Å². The van der Waals surface area contributed by atoms with Crippen molar-refractivity contribution in [2.24, 2.45) is 5.92 Å². The second kappa shape index (κ2) is 14.6. The molecular formula is C24H30Cl2N2O2. The summed E-state index contributed by atoms with van der Waals surface area (Å²) in [6.07, 6.45) is 4.38. The highest BCUT2D eigenvalue weighted by atomic mass is 35.5. The number of piperidine rings is 1. The molecule has 6 heteroatoms. The van der Waals surface area contributed by atoms with Crippen LogP contribution in [0.1, 0.15) is 40.0 Å². The maximum Gasteiger partial charge on any atom is 0.229 e. The molecule has 0 bridgehead atoms. The lowest BCUT2D eigenvalue weighted by Crippen LogP contribution is -2.40. The Morgan fingerprint density at radius 1 is 1.10 bits per heavy atom. The Hall–Kier alpha value is -2.30. The van der Waals surface area contributed by atoms with Crippen LogP contribution < -0.4 is 10.6 Å². The Kier molecular flexibility index (Phi) is 12.6. The van der Waals surface area contributed by atoms with Gasteiger partial charge in [0.05, 0.1) is 5.92 Å². The fourth-order valence-electron chi connectivity index (χ4n) is 2.59. The van der Waals surface area contributed by atoms with Crippen LogP contribution in [0, 0.1) is 5.92 Å². The molecule has 1 fully saturated rings. The number of amides is 2. The van der Waals surface area contributed by atoms with Gasteiger partial charge in [0.1, 0.15) is 0 Å². The van der Waals surface area contributed by atoms with E-state index in [0.29, 0.717) is 30.1 Å². The summed E-state index contributed by atoms with van der Waals surface area (Å²) in [6.45, 7) is 6.78. The van der Waals surface area contributed by atoms with Crippen LogP contribution in [0.2, 0.25) is 10.0 Å². The zero-order chi connectivity index (χ0) is 22.4. The van der Waals surface area contributed by atoms with Crippen molar-refractivity contribution in [1.29, 1.82) is 0 Å². The molecule has 1 atom stereocenters. The van der Waals surface area contributed by atoms with Gasteiger partial charge >= 0.3 is 0 Å². The number of hydrogen-bond donors (Lipinski definition) is 2. The predicted octanol–water partition coefficient (Wildman–Crippen LogP) is 6.51. The van der Waals surface area contributed by atoms with E-state index >= 15 is 0 Å². The molecule has 0 spiro atoms. The first kappa shape index (κ1) is 25.7. The van der Waals surface area contributed by atoms with E-state index in [1.165, 1.54) is 12.0 Å². The Morgan fingerprint density at radius 2 is 1.77 bits per heavy atom. The third-order valence-electron chi connectivity index (χ3n) is 4.07. The number of nitrogens with one attached hydrogen (secondary N) is 2. The van der Waals surface area contributed by atoms with E-state index in [4.69, 9.17) is 23.2 Å². The second-order valence-corrected chi connectivity index (χ2v) is 7.90. The molecule has 2 amide bonds. The first-order valence-electron chi connectivity index (χ1n) is 9.98. The standard InChI is InChI=1S/C12H13ClN2O2.C6H5Cl.C6H12/c13-9-2-1-3-10(6-9)15-12(17)8-4-5-11(16)14-7-8;7-6-4-2-1-3-5-6;1-4-5-6(2)3/h1-3,6,8H,4-5,7H2,(H,14,16)(H,15,17);1-5H;5H,4H2,1-3H3. The molecule has 30 heavy (non-hydrogen) atoms. The number of hydrogen-bond acceptors (Lipinski definition) is 2. The molecule has 2 N–H and O–H groups in total. The van der Waals surface area contributed by atoms with Gasteiger partial charge < -0.3 is 10.6 Å². The molecule has 4 nitrogen and oxygen atoms in total. The quantitative estimate of drug-likeness (QED) is 0.525. The Morgan fingerprint density at radius 3 is 2.20 bits per heavy atom. The highest BCUT2D eigenvalue weighted by Crippen LogP contribution is 2.18. The first-order chi connectivity index (χ1) is 14.3. The molecule has 0 saturated carbocycles. The molecule has 2 aromatic rings. The van der Waals surface area contributed by atoms with Crippen LogP contribution in [0.15, 0.2) is 66.2 Å². The van der Waals surface area contributed by atoms with Gasteiger partial charge in [0.2, 0.25) is 11.8 Å². The van der Waals surface area contributed by atoms with Crippen LogP contribution in [0.25, 0.3) is 0 Å². The fraction of sp³-hybridized carbons (Fsp3) is 0.333. The summed E-state index contributed by atoms with van der Waals surface area (Å²) in [5, 5.41) is 6.85. The number of carbonyl (C=O) groups excluding carboxylic acids is 2. The van der Waals surface area contributed by atoms with Crippen molar-refractivity contribution in [3.05, 3.63) is 76.3 Å². The van der Waals surface area contributed by atoms with Crippen LogP contribution in [0.5, 0.6) is 0 Å². The van der Waals surface area contributed by atoms with Gasteiger partial charge in [-0.25, -0.2) is 0 Å². The molecule has 162 valence electrons. The number of allylic oxidation sites excluding steroid dienone is 2. The molecule has 0 radical (unpaired) electrons. The molecular weight excluding hydrogens is 419 g/mol. The molecule has 0 aliphatic carbocycles. The highest BCUT2D eigenvalue weighted by molar-refractivity contribution is 6.31. The Bertz CT molecular complexity index is 809. The van der Waals surface area contributed by atoms with Gasteiger partial charge in [-0.1, -0.05) is 66.0 Å². The van der Waals surface area contributed by atoms with Crippen LogP contribution in [0.4, 0.5) is 5.69 Å². The van der Waals surface area contributed by atoms with E-state index in [-0.39, 0.29) is 17.7 Å². The molecule has 2 aromatic carbocycles. The fourth-order valence-corrected chi connectivity index (χ4v) is 2.93. The molecule has 1 aliphatic rings. The van der Waals surface area contributed by atoms with Gasteiger partial charge in [0, 0.05) is 28.7 Å². The van der Waals surface area contributed by atoms with Gasteiger partial charge in [-0.2, -0.15) is 0 Å². The van der Waals surface area contributed by atoms with Crippen molar-refractivity contribution >= 4 is 40.7 Å². The first-order valence-corrected chi connectivity index (χ1v) is 10.7. The topological polar surface area (TPSA) is 58.2 Å². The Balaban J connectivity index is 0.000000285. The van der Waals surface area contributed by atoms with E-state index in [0.717, 1.165) is 5.02 Å². The lowest BCUT2D eigenvalue weighted by molar-refractivity contribution is -0.126. The Labute approximate surface area is 189 Å². The van der Waals surface area contributed by atoms with Crippen LogP contribution >= 0.6 is 23.2 Å². The van der Waals surface area contributed by atoms with Gasteiger partial charge in [0.15, 0.2) is 0 Å². The summed E-state index contributed by atoms with van der Waals surface area (Å²) < 4.78 is 0. The van der Waals surface area contributed by atoms with Crippen LogP contribution in [-0.2, 0) is 9.59 Å². The van der Waals surface area contributed by atoms with Crippen LogP contribution in [-0.4, -0.2) is 18.4 Å². The molecule has 3 rings (SSSR count). The van der Waals surface area contributed by atoms with Gasteiger partial charge in [-0.05, 0) is 57.0 Å². The summed E-state index contributed by atoms with van der Waals surface area (Å²) in [5.41, 5.74) is 2.09. The summed E-state index contributed by atoms with van der Waals surface area (Å²) in [7, 11) is 0. The average molecular weight is 449 g/mol. The van der Waals surface area contributed by atoms with Crippen molar-refractivity contribution in [3.8, 4) is 0 Å². The largest absolute Gasteiger partial charge is 0.355 e. The third-order valence-corrected chi connectivity index (χ3v) is 4.56. The van der Waals surface area contributed by atoms with E-state index in [1.54, 1.807) is 24.3 Å². The number of halogens is 2. The SMILES string of the molecule is CCC=C(C)C.Clc1ccccc1.O=C1CCC(C(=O)Nc2cccc(Cl)c2)CN1. The highest BCUT2D eigenvalue weighted by Gasteiger charge is 2.24. The van der Waals surface area contributed by atoms with Crippen molar-refractivity contribution in [2.45, 2.75) is 40.0 Å². The predicted molar refractivity (Wildman–Crippen MR) is 127 cm³/mol. The lowest BCUT2D eigenvalue weighted by atomic mass is 9.98. The van der Waals surface area contributed by atoms with Crippen molar-refractivity contribution in [3.63, 3.8) is 0 Å². The van der Waals surface area contributed by atoms with E-state index in [2.05, 4.69) is 37.5 Å². The lowest BCUT2D eigenvalue weighted by Gasteiger charge is -2.21. The average Bonchev–Trinajstić information content (AvgIpc) is 2.70. The number of anilines is 1. The summed E-state index contributed by atoms with van der Waals surface area (Å²) in [4.78, 5) is 22.9. The molecule has 1 saturated heterocycles. The summed E-state index contributed by atoms with van der Waals surface area (Å²) in [5.74, 6) is -0.226. The smallest absolute Gasteiger partial charge is 0.229 e. The normalized spacial score (nSPS) is 14.7. The summed E-state index contributed by atoms with van der Waals surface area (Å²) >= 11 is 11.4. The van der Waals surface area contributed by atoms with E-state index in [9.17, 15) is 9.59 Å². The second-order valence-electron chi connectivity index (χ2n) is 7.02. The summed E-state index contributed by atoms with van der Waals surface area (Å²) in [6, 6.07) is 16.4. The minimum Gasteiger partial charge on any atom is -0.355 e. The maximum atomic E-state index is 11.9. The van der Waals surface area contributed by atoms with Gasteiger partial charge in [-0.3, -0.25) is 9.59 Å². The molecule has 1 aliphatic heterocycles. The third kappa shape index (κ3) is 11.6. The van der Waals surface area contributed by atoms with E-state index in [1.807, 2.05) is 30.3 Å². The number of carbonyl (C=O) groups is 2. The molecule has 0 aromatic heterocycles.